The minimum Gasteiger partial charge on any atom is -0.480 e. The Morgan fingerprint density at radius 1 is 1.16 bits per heavy atom. The van der Waals surface area contributed by atoms with Crippen molar-refractivity contribution in [2.24, 2.45) is 0 Å². The number of non-ortho nitro benzene ring substituents is 1. The average Bonchev–Trinajstić information content (AvgIpc) is 2.75. The molecular weight excluding hydrogens is 408 g/mol. The first-order valence-electron chi connectivity index (χ1n) is 8.89. The number of hydrogen-bond acceptors (Lipinski definition) is 7. The van der Waals surface area contributed by atoms with Gasteiger partial charge in [0.05, 0.1) is 11.1 Å². The lowest BCUT2D eigenvalue weighted by Crippen LogP contribution is -2.30. The summed E-state index contributed by atoms with van der Waals surface area (Å²) in [6.45, 7) is -0.798. The SMILES string of the molecule is O=C(O)Cn1c(-c2cccc([N+](=O)[O-])c2)ncc(NC(=O)OCc2ccccc2)c1=O. The van der Waals surface area contributed by atoms with Crippen molar-refractivity contribution in [3.63, 3.8) is 0 Å². The van der Waals surface area contributed by atoms with Gasteiger partial charge in [-0.1, -0.05) is 42.5 Å². The van der Waals surface area contributed by atoms with E-state index in [0.29, 0.717) is 0 Å². The summed E-state index contributed by atoms with van der Waals surface area (Å²) in [7, 11) is 0. The Kier molecular flexibility index (Phi) is 6.36. The summed E-state index contributed by atoms with van der Waals surface area (Å²) < 4.78 is 5.85. The number of nitro benzene ring substituents is 1. The summed E-state index contributed by atoms with van der Waals surface area (Å²) >= 11 is 0. The van der Waals surface area contributed by atoms with E-state index in [-0.39, 0.29) is 29.4 Å². The topological polar surface area (TPSA) is 154 Å². The van der Waals surface area contributed by atoms with Gasteiger partial charge in [-0.3, -0.25) is 29.6 Å². The molecule has 2 aromatic carbocycles. The fourth-order valence-corrected chi connectivity index (χ4v) is 2.72. The minimum atomic E-state index is -1.33. The van der Waals surface area contributed by atoms with Crippen molar-refractivity contribution >= 4 is 23.4 Å². The maximum atomic E-state index is 12.8. The molecule has 0 aliphatic carbocycles. The van der Waals surface area contributed by atoms with Gasteiger partial charge in [0.15, 0.2) is 0 Å². The third kappa shape index (κ3) is 5.29. The molecule has 3 rings (SSSR count). The van der Waals surface area contributed by atoms with Crippen molar-refractivity contribution in [1.29, 1.82) is 0 Å². The van der Waals surface area contributed by atoms with Crippen molar-refractivity contribution in [2.75, 3.05) is 5.32 Å². The second-order valence-electron chi connectivity index (χ2n) is 6.27. The van der Waals surface area contributed by atoms with Crippen LogP contribution in [-0.2, 0) is 22.7 Å². The van der Waals surface area contributed by atoms with Crippen molar-refractivity contribution < 1.29 is 24.4 Å². The zero-order valence-corrected chi connectivity index (χ0v) is 15.9. The van der Waals surface area contributed by atoms with Crippen LogP contribution in [0.15, 0.2) is 65.6 Å². The number of aromatic nitrogens is 2. The molecule has 11 heteroatoms. The number of carboxylic acids is 1. The van der Waals surface area contributed by atoms with Crippen molar-refractivity contribution in [3.05, 3.63) is 86.8 Å². The molecule has 0 aliphatic heterocycles. The highest BCUT2D eigenvalue weighted by Gasteiger charge is 2.18. The Hall–Kier alpha value is -4.54. The number of amides is 1. The highest BCUT2D eigenvalue weighted by atomic mass is 16.6. The number of hydrogen-bond donors (Lipinski definition) is 2. The molecule has 0 unspecified atom stereocenters. The van der Waals surface area contributed by atoms with Crippen LogP contribution >= 0.6 is 0 Å². The fourth-order valence-electron chi connectivity index (χ4n) is 2.72. The maximum Gasteiger partial charge on any atom is 0.412 e. The molecule has 0 bridgehead atoms. The molecule has 31 heavy (non-hydrogen) atoms. The number of rotatable bonds is 7. The summed E-state index contributed by atoms with van der Waals surface area (Å²) in [4.78, 5) is 50.5. The van der Waals surface area contributed by atoms with Crippen molar-refractivity contribution in [1.82, 2.24) is 9.55 Å². The van der Waals surface area contributed by atoms with Gasteiger partial charge in [0.1, 0.15) is 24.7 Å². The Labute approximate surface area is 174 Å². The molecule has 11 nitrogen and oxygen atoms in total. The Balaban J connectivity index is 1.88. The van der Waals surface area contributed by atoms with E-state index in [0.717, 1.165) is 16.3 Å². The lowest BCUT2D eigenvalue weighted by molar-refractivity contribution is -0.384. The molecule has 0 saturated carbocycles. The number of aliphatic carboxylic acids is 1. The first kappa shape index (κ1) is 21.2. The van der Waals surface area contributed by atoms with E-state index < -0.39 is 29.1 Å². The quantitative estimate of drug-likeness (QED) is 0.433. The van der Waals surface area contributed by atoms with E-state index in [2.05, 4.69) is 10.3 Å². The van der Waals surface area contributed by atoms with E-state index in [1.54, 1.807) is 24.3 Å². The molecule has 1 heterocycles. The number of ether oxygens (including phenoxy) is 1. The van der Waals surface area contributed by atoms with E-state index in [9.17, 15) is 29.6 Å². The van der Waals surface area contributed by atoms with E-state index >= 15 is 0 Å². The average molecular weight is 424 g/mol. The number of nitro groups is 1. The lowest BCUT2D eigenvalue weighted by Gasteiger charge is -2.13. The number of anilines is 1. The summed E-state index contributed by atoms with van der Waals surface area (Å²) in [6, 6.07) is 14.1. The zero-order valence-electron chi connectivity index (χ0n) is 15.9. The fraction of sp³-hybridized carbons (Fsp3) is 0.100. The van der Waals surface area contributed by atoms with Gasteiger partial charge in [0, 0.05) is 17.7 Å². The normalized spacial score (nSPS) is 10.3. The Morgan fingerprint density at radius 2 is 1.90 bits per heavy atom. The van der Waals surface area contributed by atoms with Crippen LogP contribution in [0.5, 0.6) is 0 Å². The van der Waals surface area contributed by atoms with E-state index in [1.165, 1.54) is 24.3 Å². The highest BCUT2D eigenvalue weighted by molar-refractivity contribution is 5.84. The smallest absolute Gasteiger partial charge is 0.412 e. The van der Waals surface area contributed by atoms with Crippen LogP contribution in [0.3, 0.4) is 0 Å². The first-order valence-corrected chi connectivity index (χ1v) is 8.89. The van der Waals surface area contributed by atoms with Gasteiger partial charge in [-0.15, -0.1) is 0 Å². The second-order valence-corrected chi connectivity index (χ2v) is 6.27. The molecule has 0 atom stereocenters. The molecule has 0 spiro atoms. The largest absolute Gasteiger partial charge is 0.480 e. The highest BCUT2D eigenvalue weighted by Crippen LogP contribution is 2.22. The van der Waals surface area contributed by atoms with Crippen LogP contribution in [0, 0.1) is 10.1 Å². The van der Waals surface area contributed by atoms with Gasteiger partial charge in [-0.2, -0.15) is 0 Å². The number of nitrogens with one attached hydrogen (secondary N) is 1. The summed E-state index contributed by atoms with van der Waals surface area (Å²) in [5.74, 6) is -1.43. The number of nitrogens with zero attached hydrogens (tertiary/aromatic N) is 3. The summed E-state index contributed by atoms with van der Waals surface area (Å²) in [5.41, 5.74) is -0.491. The summed E-state index contributed by atoms with van der Waals surface area (Å²) in [6.07, 6.45) is 0.117. The third-order valence-electron chi connectivity index (χ3n) is 4.11. The zero-order chi connectivity index (χ0) is 22.4. The van der Waals surface area contributed by atoms with Crippen LogP contribution in [0.1, 0.15) is 5.56 Å². The number of carbonyl (C=O) groups is 2. The van der Waals surface area contributed by atoms with Gasteiger partial charge >= 0.3 is 12.1 Å². The molecule has 1 amide bonds. The van der Waals surface area contributed by atoms with Gasteiger partial charge in [-0.25, -0.2) is 9.78 Å². The molecule has 3 aromatic rings. The van der Waals surface area contributed by atoms with E-state index in [4.69, 9.17) is 4.74 Å². The maximum absolute atomic E-state index is 12.8. The monoisotopic (exact) mass is 424 g/mol. The predicted molar refractivity (Wildman–Crippen MR) is 108 cm³/mol. The standard InChI is InChI=1S/C20H16N4O7/c25-17(26)11-23-18(14-7-4-8-15(9-14)24(29)30)21-10-16(19(23)27)22-20(28)31-12-13-5-2-1-3-6-13/h1-10H,11-12H2,(H,22,28)(H,25,26). The van der Waals surface area contributed by atoms with Gasteiger partial charge < -0.3 is 9.84 Å². The van der Waals surface area contributed by atoms with Gasteiger partial charge in [-0.05, 0) is 5.56 Å². The van der Waals surface area contributed by atoms with Crippen molar-refractivity contribution in [2.45, 2.75) is 13.2 Å². The predicted octanol–water partition coefficient (Wildman–Crippen LogP) is 2.65. The molecule has 0 aliphatic rings. The molecular formula is C20H16N4O7. The molecule has 0 radical (unpaired) electrons. The van der Waals surface area contributed by atoms with Gasteiger partial charge in [0.25, 0.3) is 11.2 Å². The van der Waals surface area contributed by atoms with Crippen LogP contribution in [-0.4, -0.2) is 31.6 Å². The Bertz CT molecular complexity index is 1190. The summed E-state index contributed by atoms with van der Waals surface area (Å²) in [5, 5.41) is 22.4. The third-order valence-corrected chi connectivity index (χ3v) is 4.11. The molecule has 158 valence electrons. The van der Waals surface area contributed by atoms with E-state index in [1.807, 2.05) is 6.07 Å². The lowest BCUT2D eigenvalue weighted by atomic mass is 10.2. The van der Waals surface area contributed by atoms with Crippen LogP contribution in [0.4, 0.5) is 16.2 Å². The Morgan fingerprint density at radius 3 is 2.58 bits per heavy atom. The van der Waals surface area contributed by atoms with Crippen LogP contribution < -0.4 is 10.9 Å². The molecule has 2 N–H and O–H groups in total. The second kappa shape index (κ2) is 9.31. The molecule has 1 aromatic heterocycles. The number of carbonyl (C=O) groups excluding carboxylic acids is 1. The molecule has 0 fully saturated rings. The minimum absolute atomic E-state index is 0.0326. The van der Waals surface area contributed by atoms with Crippen LogP contribution in [0.2, 0.25) is 0 Å². The first-order chi connectivity index (χ1) is 14.8. The number of benzene rings is 2. The van der Waals surface area contributed by atoms with Crippen molar-refractivity contribution in [3.8, 4) is 11.4 Å². The molecule has 0 saturated heterocycles. The van der Waals surface area contributed by atoms with Crippen LogP contribution in [0.25, 0.3) is 11.4 Å². The van der Waals surface area contributed by atoms with Gasteiger partial charge in [0.2, 0.25) is 0 Å². The number of carboxylic acid groups (broad SMARTS) is 1.